The Morgan fingerprint density at radius 2 is 2.26 bits per heavy atom. The number of rotatable bonds is 5. The van der Waals surface area contributed by atoms with Crippen LogP contribution in [0.4, 0.5) is 0 Å². The standard InChI is InChI=1S/C14H15NO3S/c1-9(2)10-4-3-5-11(6-10)18-8-13-15-7-12(19-13)14(16)17/h3-7,9H,8H2,1-2H3,(H,16,17). The molecule has 1 heterocycles. The summed E-state index contributed by atoms with van der Waals surface area (Å²) in [5, 5.41) is 9.47. The Balaban J connectivity index is 2.01. The highest BCUT2D eigenvalue weighted by Gasteiger charge is 2.09. The van der Waals surface area contributed by atoms with Gasteiger partial charge in [-0.05, 0) is 23.6 Å². The maximum Gasteiger partial charge on any atom is 0.347 e. The van der Waals surface area contributed by atoms with Gasteiger partial charge in [0.15, 0.2) is 0 Å². The zero-order valence-electron chi connectivity index (χ0n) is 10.8. The van der Waals surface area contributed by atoms with Crippen LogP contribution in [0.15, 0.2) is 30.5 Å². The number of thiazole rings is 1. The third-order valence-corrected chi connectivity index (χ3v) is 3.61. The molecule has 0 bridgehead atoms. The van der Waals surface area contributed by atoms with Gasteiger partial charge in [-0.25, -0.2) is 9.78 Å². The number of aromatic nitrogens is 1. The molecular weight excluding hydrogens is 262 g/mol. The fourth-order valence-electron chi connectivity index (χ4n) is 1.58. The molecule has 0 saturated carbocycles. The van der Waals surface area contributed by atoms with Crippen LogP contribution in [0.3, 0.4) is 0 Å². The number of carbonyl (C=O) groups is 1. The third kappa shape index (κ3) is 3.54. The SMILES string of the molecule is CC(C)c1cccc(OCc2ncc(C(=O)O)s2)c1. The van der Waals surface area contributed by atoms with Gasteiger partial charge >= 0.3 is 5.97 Å². The molecular formula is C14H15NO3S. The topological polar surface area (TPSA) is 59.4 Å². The first-order valence-corrected chi connectivity index (χ1v) is 6.78. The summed E-state index contributed by atoms with van der Waals surface area (Å²) >= 11 is 1.14. The summed E-state index contributed by atoms with van der Waals surface area (Å²) in [7, 11) is 0. The van der Waals surface area contributed by atoms with Crippen molar-refractivity contribution in [1.29, 1.82) is 0 Å². The van der Waals surface area contributed by atoms with Crippen molar-refractivity contribution in [2.45, 2.75) is 26.4 Å². The molecule has 1 N–H and O–H groups in total. The molecule has 2 rings (SSSR count). The zero-order valence-corrected chi connectivity index (χ0v) is 11.6. The summed E-state index contributed by atoms with van der Waals surface area (Å²) in [4.78, 5) is 15.0. The molecule has 0 unspecified atom stereocenters. The Labute approximate surface area is 115 Å². The molecule has 0 saturated heterocycles. The van der Waals surface area contributed by atoms with Crippen molar-refractivity contribution in [1.82, 2.24) is 4.98 Å². The van der Waals surface area contributed by atoms with Crippen molar-refractivity contribution in [2.24, 2.45) is 0 Å². The van der Waals surface area contributed by atoms with Gasteiger partial charge in [-0.3, -0.25) is 0 Å². The molecule has 0 atom stereocenters. The van der Waals surface area contributed by atoms with E-state index in [0.717, 1.165) is 17.1 Å². The molecule has 4 nitrogen and oxygen atoms in total. The van der Waals surface area contributed by atoms with Crippen molar-refractivity contribution < 1.29 is 14.6 Å². The van der Waals surface area contributed by atoms with Crippen molar-refractivity contribution >= 4 is 17.3 Å². The second-order valence-electron chi connectivity index (χ2n) is 4.44. The van der Waals surface area contributed by atoms with Crippen molar-refractivity contribution in [3.05, 3.63) is 45.9 Å². The van der Waals surface area contributed by atoms with Crippen LogP contribution in [-0.2, 0) is 6.61 Å². The Morgan fingerprint density at radius 3 is 2.89 bits per heavy atom. The fraction of sp³-hybridized carbons (Fsp3) is 0.286. The summed E-state index contributed by atoms with van der Waals surface area (Å²) in [5.74, 6) is 0.269. The molecule has 100 valence electrons. The molecule has 0 amide bonds. The van der Waals surface area contributed by atoms with Crippen molar-refractivity contribution in [3.8, 4) is 5.75 Å². The Hall–Kier alpha value is -1.88. The minimum atomic E-state index is -0.953. The molecule has 0 fully saturated rings. The quantitative estimate of drug-likeness (QED) is 0.908. The fourth-order valence-corrected chi connectivity index (χ4v) is 2.25. The number of nitrogens with zero attached hydrogens (tertiary/aromatic N) is 1. The Morgan fingerprint density at radius 1 is 1.47 bits per heavy atom. The van der Waals surface area contributed by atoms with Gasteiger partial charge in [0.1, 0.15) is 22.2 Å². The van der Waals surface area contributed by atoms with E-state index in [2.05, 4.69) is 24.9 Å². The van der Waals surface area contributed by atoms with Gasteiger partial charge in [0, 0.05) is 0 Å². The summed E-state index contributed by atoms with van der Waals surface area (Å²) in [6.45, 7) is 4.54. The van der Waals surface area contributed by atoms with Gasteiger partial charge in [0.2, 0.25) is 0 Å². The van der Waals surface area contributed by atoms with Gasteiger partial charge in [0.25, 0.3) is 0 Å². The average molecular weight is 277 g/mol. The molecule has 19 heavy (non-hydrogen) atoms. The van der Waals surface area contributed by atoms with E-state index in [1.165, 1.54) is 11.8 Å². The minimum absolute atomic E-state index is 0.231. The van der Waals surface area contributed by atoms with Crippen LogP contribution >= 0.6 is 11.3 Å². The van der Waals surface area contributed by atoms with Crippen molar-refractivity contribution in [2.75, 3.05) is 0 Å². The Kier molecular flexibility index (Phi) is 4.16. The number of carboxylic acid groups (broad SMARTS) is 1. The molecule has 0 aliphatic rings. The smallest absolute Gasteiger partial charge is 0.347 e. The first-order chi connectivity index (χ1) is 9.06. The van der Waals surface area contributed by atoms with E-state index in [4.69, 9.17) is 9.84 Å². The molecule has 0 aliphatic heterocycles. The molecule has 1 aromatic carbocycles. The number of carboxylic acids is 1. The lowest BCUT2D eigenvalue weighted by Gasteiger charge is -2.08. The van der Waals surface area contributed by atoms with Crippen LogP contribution in [0.5, 0.6) is 5.75 Å². The second kappa shape index (κ2) is 5.84. The lowest BCUT2D eigenvalue weighted by atomic mass is 10.0. The van der Waals surface area contributed by atoms with Gasteiger partial charge in [0.05, 0.1) is 6.20 Å². The first kappa shape index (κ1) is 13.5. The predicted molar refractivity (Wildman–Crippen MR) is 73.9 cm³/mol. The minimum Gasteiger partial charge on any atom is -0.486 e. The first-order valence-electron chi connectivity index (χ1n) is 5.97. The van der Waals surface area contributed by atoms with Crippen LogP contribution in [0.25, 0.3) is 0 Å². The van der Waals surface area contributed by atoms with Gasteiger partial charge in [-0.15, -0.1) is 11.3 Å². The molecule has 0 spiro atoms. The van der Waals surface area contributed by atoms with E-state index in [-0.39, 0.29) is 4.88 Å². The van der Waals surface area contributed by atoms with Crippen LogP contribution in [0, 0.1) is 0 Å². The van der Waals surface area contributed by atoms with E-state index < -0.39 is 5.97 Å². The van der Waals surface area contributed by atoms with E-state index >= 15 is 0 Å². The average Bonchev–Trinajstić information content (AvgIpc) is 2.85. The van der Waals surface area contributed by atoms with Crippen LogP contribution < -0.4 is 4.74 Å². The summed E-state index contributed by atoms with van der Waals surface area (Å²) in [5.41, 5.74) is 1.21. The Bertz CT molecular complexity index is 578. The van der Waals surface area contributed by atoms with Crippen LogP contribution in [0.2, 0.25) is 0 Å². The van der Waals surface area contributed by atoms with Gasteiger partial charge < -0.3 is 9.84 Å². The molecule has 2 aromatic rings. The molecule has 0 aliphatic carbocycles. The summed E-state index contributed by atoms with van der Waals surface area (Å²) in [6, 6.07) is 7.90. The highest BCUT2D eigenvalue weighted by molar-refractivity contribution is 7.13. The normalized spacial score (nSPS) is 10.7. The van der Waals surface area contributed by atoms with E-state index in [0.29, 0.717) is 17.5 Å². The largest absolute Gasteiger partial charge is 0.486 e. The number of hydrogen-bond donors (Lipinski definition) is 1. The van der Waals surface area contributed by atoms with Crippen LogP contribution in [-0.4, -0.2) is 16.1 Å². The monoisotopic (exact) mass is 277 g/mol. The second-order valence-corrected chi connectivity index (χ2v) is 5.55. The van der Waals surface area contributed by atoms with Gasteiger partial charge in [-0.1, -0.05) is 26.0 Å². The van der Waals surface area contributed by atoms with E-state index in [1.807, 2.05) is 18.2 Å². The maximum atomic E-state index is 10.7. The third-order valence-electron chi connectivity index (χ3n) is 2.65. The molecule has 1 aromatic heterocycles. The lowest BCUT2D eigenvalue weighted by molar-refractivity contribution is 0.0702. The zero-order chi connectivity index (χ0) is 13.8. The number of hydrogen-bond acceptors (Lipinski definition) is 4. The van der Waals surface area contributed by atoms with E-state index in [1.54, 1.807) is 0 Å². The predicted octanol–water partition coefficient (Wildman–Crippen LogP) is 3.54. The van der Waals surface area contributed by atoms with Crippen LogP contribution in [0.1, 0.15) is 40.0 Å². The van der Waals surface area contributed by atoms with Gasteiger partial charge in [-0.2, -0.15) is 0 Å². The summed E-state index contributed by atoms with van der Waals surface area (Å²) in [6.07, 6.45) is 1.36. The molecule has 0 radical (unpaired) electrons. The number of benzene rings is 1. The summed E-state index contributed by atoms with van der Waals surface area (Å²) < 4.78 is 5.63. The highest BCUT2D eigenvalue weighted by Crippen LogP contribution is 2.21. The molecule has 5 heteroatoms. The van der Waals surface area contributed by atoms with E-state index in [9.17, 15) is 4.79 Å². The van der Waals surface area contributed by atoms with Crippen molar-refractivity contribution in [3.63, 3.8) is 0 Å². The lowest BCUT2D eigenvalue weighted by Crippen LogP contribution is -1.96. The number of ether oxygens (including phenoxy) is 1. The number of aromatic carboxylic acids is 1. The highest BCUT2D eigenvalue weighted by atomic mass is 32.1. The maximum absolute atomic E-state index is 10.7.